The highest BCUT2D eigenvalue weighted by molar-refractivity contribution is 7.80. The molecule has 2 heterocycles. The average molecular weight is 540 g/mol. The number of carbonyl (C=O) groups is 1. The van der Waals surface area contributed by atoms with Crippen LogP contribution in [0.3, 0.4) is 0 Å². The number of hydrogen-bond acceptors (Lipinski definition) is 6. The van der Waals surface area contributed by atoms with E-state index in [1.54, 1.807) is 13.3 Å². The third-order valence-corrected chi connectivity index (χ3v) is 6.58. The molecule has 1 aliphatic rings. The second-order valence-corrected chi connectivity index (χ2v) is 9.72. The standard InChI is InChI=1S/C29H41N5O3S/c1-36-26-11-9-24(10-12-26)13-18-33-29(38)32-16-7-8-27(35)30-15-3-6-21-37-28-22-25(14-17-31-28)23-34-19-4-2-5-20-34/h3,6,9-12,14,17,22H,2,4-5,7-8,13,15-16,18-21,23H2,1H3,(H,30,35)(H2,32,33,38)/b6-3-. The average Bonchev–Trinajstić information content (AvgIpc) is 2.94. The van der Waals surface area contributed by atoms with E-state index in [1.807, 2.05) is 42.5 Å². The van der Waals surface area contributed by atoms with Gasteiger partial charge in [-0.05, 0) is 86.4 Å². The van der Waals surface area contributed by atoms with Crippen LogP contribution in [0.4, 0.5) is 0 Å². The number of likely N-dealkylation sites (tertiary alicyclic amines) is 1. The lowest BCUT2D eigenvalue weighted by Crippen LogP contribution is -2.37. The van der Waals surface area contributed by atoms with Crippen molar-refractivity contribution >= 4 is 23.2 Å². The zero-order chi connectivity index (χ0) is 26.8. The van der Waals surface area contributed by atoms with Crippen molar-refractivity contribution < 1.29 is 14.3 Å². The molecule has 0 radical (unpaired) electrons. The number of hydrogen-bond donors (Lipinski definition) is 3. The summed E-state index contributed by atoms with van der Waals surface area (Å²) in [5.74, 6) is 1.50. The minimum atomic E-state index is 0.0165. The fraction of sp³-hybridized carbons (Fsp3) is 0.483. The minimum absolute atomic E-state index is 0.0165. The van der Waals surface area contributed by atoms with Crippen LogP contribution in [0, 0.1) is 0 Å². The Labute approximate surface area is 232 Å². The molecule has 0 spiro atoms. The molecule has 0 bridgehead atoms. The van der Waals surface area contributed by atoms with Gasteiger partial charge < -0.3 is 25.4 Å². The molecule has 206 valence electrons. The molecule has 38 heavy (non-hydrogen) atoms. The first kappa shape index (κ1) is 29.4. The van der Waals surface area contributed by atoms with Gasteiger partial charge in [0.05, 0.1) is 7.11 Å². The summed E-state index contributed by atoms with van der Waals surface area (Å²) in [5, 5.41) is 9.85. The summed E-state index contributed by atoms with van der Waals surface area (Å²) in [4.78, 5) is 18.8. The van der Waals surface area contributed by atoms with Gasteiger partial charge in [-0.1, -0.05) is 24.6 Å². The number of aromatic nitrogens is 1. The smallest absolute Gasteiger partial charge is 0.220 e. The Hall–Kier alpha value is -3.17. The normalized spacial score (nSPS) is 13.7. The third-order valence-electron chi connectivity index (χ3n) is 6.29. The highest BCUT2D eigenvalue weighted by atomic mass is 32.1. The van der Waals surface area contributed by atoms with E-state index in [1.165, 1.54) is 43.5 Å². The maximum atomic E-state index is 12.0. The molecule has 0 saturated carbocycles. The molecular weight excluding hydrogens is 498 g/mol. The molecule has 3 N–H and O–H groups in total. The van der Waals surface area contributed by atoms with Crippen LogP contribution in [0.5, 0.6) is 11.6 Å². The second kappa shape index (κ2) is 17.4. The van der Waals surface area contributed by atoms with Crippen molar-refractivity contribution in [3.8, 4) is 11.6 Å². The van der Waals surface area contributed by atoms with Crippen LogP contribution in [-0.2, 0) is 17.8 Å². The van der Waals surface area contributed by atoms with Crippen molar-refractivity contribution in [2.24, 2.45) is 0 Å². The summed E-state index contributed by atoms with van der Waals surface area (Å²) < 4.78 is 10.9. The Bertz CT molecular complexity index is 1010. The van der Waals surface area contributed by atoms with Gasteiger partial charge in [-0.15, -0.1) is 0 Å². The first-order valence-corrected chi connectivity index (χ1v) is 13.9. The van der Waals surface area contributed by atoms with E-state index in [2.05, 4.69) is 31.9 Å². The van der Waals surface area contributed by atoms with E-state index in [0.717, 1.165) is 25.3 Å². The van der Waals surface area contributed by atoms with E-state index >= 15 is 0 Å². The molecule has 2 aromatic rings. The molecular formula is C29H41N5O3S. The van der Waals surface area contributed by atoms with E-state index in [0.29, 0.717) is 43.5 Å². The van der Waals surface area contributed by atoms with E-state index in [4.69, 9.17) is 21.7 Å². The molecule has 1 saturated heterocycles. The lowest BCUT2D eigenvalue weighted by Gasteiger charge is -2.26. The first-order chi connectivity index (χ1) is 18.6. The largest absolute Gasteiger partial charge is 0.497 e. The van der Waals surface area contributed by atoms with Crippen LogP contribution >= 0.6 is 12.2 Å². The summed E-state index contributed by atoms with van der Waals surface area (Å²) >= 11 is 5.31. The number of amides is 1. The predicted octanol–water partition coefficient (Wildman–Crippen LogP) is 3.61. The van der Waals surface area contributed by atoms with Crippen molar-refractivity contribution in [1.82, 2.24) is 25.8 Å². The van der Waals surface area contributed by atoms with Gasteiger partial charge in [-0.25, -0.2) is 4.98 Å². The molecule has 0 aliphatic carbocycles. The van der Waals surface area contributed by atoms with Crippen molar-refractivity contribution in [2.75, 3.05) is 46.4 Å². The number of ether oxygens (including phenoxy) is 2. The van der Waals surface area contributed by atoms with Gasteiger partial charge in [0, 0.05) is 44.9 Å². The van der Waals surface area contributed by atoms with Gasteiger partial charge >= 0.3 is 0 Å². The number of rotatable bonds is 15. The SMILES string of the molecule is COc1ccc(CCNC(=S)NCCCC(=O)NC/C=C\COc2cc(CN3CCCCC3)ccn2)cc1. The van der Waals surface area contributed by atoms with Gasteiger partial charge in [-0.3, -0.25) is 9.69 Å². The minimum Gasteiger partial charge on any atom is -0.497 e. The highest BCUT2D eigenvalue weighted by Crippen LogP contribution is 2.15. The lowest BCUT2D eigenvalue weighted by molar-refractivity contribution is -0.120. The lowest BCUT2D eigenvalue weighted by atomic mass is 10.1. The van der Waals surface area contributed by atoms with Gasteiger partial charge in [-0.2, -0.15) is 0 Å². The zero-order valence-corrected chi connectivity index (χ0v) is 23.2. The molecule has 3 rings (SSSR count). The Morgan fingerprint density at radius 1 is 1.03 bits per heavy atom. The van der Waals surface area contributed by atoms with Gasteiger partial charge in [0.1, 0.15) is 12.4 Å². The molecule has 0 atom stereocenters. The van der Waals surface area contributed by atoms with Crippen LogP contribution in [-0.4, -0.2) is 67.3 Å². The van der Waals surface area contributed by atoms with Crippen molar-refractivity contribution in [3.63, 3.8) is 0 Å². The zero-order valence-electron chi connectivity index (χ0n) is 22.4. The van der Waals surface area contributed by atoms with E-state index in [9.17, 15) is 4.79 Å². The summed E-state index contributed by atoms with van der Waals surface area (Å²) in [6, 6.07) is 12.1. The summed E-state index contributed by atoms with van der Waals surface area (Å²) in [6.45, 7) is 5.57. The fourth-order valence-electron chi connectivity index (χ4n) is 4.18. The number of nitrogens with zero attached hydrogens (tertiary/aromatic N) is 2. The van der Waals surface area contributed by atoms with Crippen LogP contribution in [0.2, 0.25) is 0 Å². The molecule has 1 amide bonds. The number of thiocarbonyl (C=S) groups is 1. The van der Waals surface area contributed by atoms with Gasteiger partial charge in [0.2, 0.25) is 11.8 Å². The summed E-state index contributed by atoms with van der Waals surface area (Å²) in [6.07, 6.45) is 11.5. The second-order valence-electron chi connectivity index (χ2n) is 9.31. The Morgan fingerprint density at radius 3 is 2.61 bits per heavy atom. The summed E-state index contributed by atoms with van der Waals surface area (Å²) in [5.41, 5.74) is 2.44. The maximum absolute atomic E-state index is 12.0. The van der Waals surface area contributed by atoms with Crippen LogP contribution in [0.25, 0.3) is 0 Å². The summed E-state index contributed by atoms with van der Waals surface area (Å²) in [7, 11) is 1.66. The monoisotopic (exact) mass is 539 g/mol. The number of piperidine rings is 1. The highest BCUT2D eigenvalue weighted by Gasteiger charge is 2.10. The van der Waals surface area contributed by atoms with Gasteiger partial charge in [0.15, 0.2) is 5.11 Å². The van der Waals surface area contributed by atoms with Crippen LogP contribution < -0.4 is 25.4 Å². The van der Waals surface area contributed by atoms with Crippen molar-refractivity contribution in [2.45, 2.75) is 45.1 Å². The first-order valence-electron chi connectivity index (χ1n) is 13.5. The van der Waals surface area contributed by atoms with Crippen molar-refractivity contribution in [1.29, 1.82) is 0 Å². The molecule has 8 nitrogen and oxygen atoms in total. The fourth-order valence-corrected chi connectivity index (χ4v) is 4.38. The molecule has 1 fully saturated rings. The topological polar surface area (TPSA) is 87.8 Å². The number of nitrogens with one attached hydrogen (secondary N) is 3. The van der Waals surface area contributed by atoms with Crippen LogP contribution in [0.15, 0.2) is 54.7 Å². The molecule has 9 heteroatoms. The number of methoxy groups -OCH3 is 1. The third kappa shape index (κ3) is 11.9. The Kier molecular flexibility index (Phi) is 13.4. The molecule has 1 aliphatic heterocycles. The number of benzene rings is 1. The molecule has 1 aromatic heterocycles. The van der Waals surface area contributed by atoms with Gasteiger partial charge in [0.25, 0.3) is 0 Å². The number of pyridine rings is 1. The Balaban J connectivity index is 1.18. The van der Waals surface area contributed by atoms with Crippen molar-refractivity contribution in [3.05, 3.63) is 65.9 Å². The molecule has 1 aromatic carbocycles. The van der Waals surface area contributed by atoms with E-state index < -0.39 is 0 Å². The van der Waals surface area contributed by atoms with E-state index in [-0.39, 0.29) is 5.91 Å². The Morgan fingerprint density at radius 2 is 1.82 bits per heavy atom. The quantitative estimate of drug-likeness (QED) is 0.180. The van der Waals surface area contributed by atoms with Crippen LogP contribution in [0.1, 0.15) is 43.2 Å². The maximum Gasteiger partial charge on any atom is 0.220 e. The molecule has 0 unspecified atom stereocenters. The predicted molar refractivity (Wildman–Crippen MR) is 156 cm³/mol. The number of carbonyl (C=O) groups excluding carboxylic acids is 1.